The van der Waals surface area contributed by atoms with Gasteiger partial charge in [-0.3, -0.25) is 9.79 Å². The van der Waals surface area contributed by atoms with Crippen LogP contribution in [0.3, 0.4) is 0 Å². The second-order valence-electron chi connectivity index (χ2n) is 6.82. The van der Waals surface area contributed by atoms with E-state index in [1.165, 1.54) is 18.2 Å². The normalized spacial score (nSPS) is 11.1. The number of rotatable bonds is 10. The molecule has 0 unspecified atom stereocenters. The molecule has 0 aliphatic heterocycles. The van der Waals surface area contributed by atoms with Gasteiger partial charge in [0.2, 0.25) is 5.91 Å². The van der Waals surface area contributed by atoms with Crippen LogP contribution >= 0.6 is 0 Å². The average molecular weight is 396 g/mol. The van der Waals surface area contributed by atoms with Gasteiger partial charge >= 0.3 is 0 Å². The van der Waals surface area contributed by atoms with Crippen molar-refractivity contribution in [2.45, 2.75) is 26.7 Å². The number of benzene rings is 2. The highest BCUT2D eigenvalue weighted by Gasteiger charge is 2.04. The molecular weight excluding hydrogens is 362 g/mol. The minimum atomic E-state index is -0.0554. The van der Waals surface area contributed by atoms with Gasteiger partial charge in [-0.2, -0.15) is 0 Å². The summed E-state index contributed by atoms with van der Waals surface area (Å²) in [5.74, 6) is 0.766. The molecule has 2 rings (SSSR count). The third-order valence-corrected chi connectivity index (χ3v) is 4.60. The van der Waals surface area contributed by atoms with E-state index < -0.39 is 0 Å². The molecule has 2 aromatic carbocycles. The van der Waals surface area contributed by atoms with Crippen LogP contribution in [0.5, 0.6) is 0 Å². The zero-order valence-electron chi connectivity index (χ0n) is 17.7. The summed E-state index contributed by atoms with van der Waals surface area (Å²) in [4.78, 5) is 17.7. The van der Waals surface area contributed by atoms with Crippen LogP contribution in [0.1, 0.15) is 25.8 Å². The minimum absolute atomic E-state index is 0.0554. The first-order chi connectivity index (χ1) is 14.1. The number of hydrogen-bond donors (Lipinski definition) is 3. The van der Waals surface area contributed by atoms with Crippen LogP contribution in [0.2, 0.25) is 0 Å². The van der Waals surface area contributed by atoms with E-state index >= 15 is 0 Å². The van der Waals surface area contributed by atoms with E-state index in [9.17, 15) is 4.79 Å². The third-order valence-electron chi connectivity index (χ3n) is 4.60. The lowest BCUT2D eigenvalue weighted by Gasteiger charge is -2.23. The summed E-state index contributed by atoms with van der Waals surface area (Å²) in [6.45, 7) is 7.36. The Morgan fingerprint density at radius 2 is 1.69 bits per heavy atom. The molecule has 0 radical (unpaired) electrons. The summed E-state index contributed by atoms with van der Waals surface area (Å²) in [5.41, 5.74) is 3.30. The van der Waals surface area contributed by atoms with Crippen molar-refractivity contribution in [1.82, 2.24) is 10.6 Å². The predicted molar refractivity (Wildman–Crippen MR) is 123 cm³/mol. The largest absolute Gasteiger partial charge is 0.372 e. The van der Waals surface area contributed by atoms with Gasteiger partial charge in [0.25, 0.3) is 0 Å². The quantitative estimate of drug-likeness (QED) is 0.328. The molecule has 6 heteroatoms. The second-order valence-corrected chi connectivity index (χ2v) is 6.82. The van der Waals surface area contributed by atoms with Crippen LogP contribution in [-0.2, 0) is 11.2 Å². The van der Waals surface area contributed by atoms with Gasteiger partial charge in [0.05, 0.1) is 0 Å². The Labute approximate surface area is 174 Å². The molecule has 3 N–H and O–H groups in total. The van der Waals surface area contributed by atoms with Crippen molar-refractivity contribution in [2.24, 2.45) is 4.99 Å². The van der Waals surface area contributed by atoms with Crippen molar-refractivity contribution in [3.05, 3.63) is 60.2 Å². The van der Waals surface area contributed by atoms with Crippen molar-refractivity contribution in [3.8, 4) is 0 Å². The van der Waals surface area contributed by atoms with E-state index in [-0.39, 0.29) is 5.91 Å². The molecule has 0 aliphatic carbocycles. The molecule has 156 valence electrons. The lowest BCUT2D eigenvalue weighted by molar-refractivity contribution is -0.114. The number of nitrogens with zero attached hydrogens (tertiary/aromatic N) is 2. The van der Waals surface area contributed by atoms with Crippen molar-refractivity contribution < 1.29 is 4.79 Å². The summed E-state index contributed by atoms with van der Waals surface area (Å²) >= 11 is 0. The predicted octanol–water partition coefficient (Wildman–Crippen LogP) is 3.27. The van der Waals surface area contributed by atoms with Crippen LogP contribution in [0.15, 0.2) is 59.6 Å². The molecule has 0 saturated carbocycles. The Morgan fingerprint density at radius 3 is 2.31 bits per heavy atom. The fourth-order valence-electron chi connectivity index (χ4n) is 3.09. The minimum Gasteiger partial charge on any atom is -0.372 e. The lowest BCUT2D eigenvalue weighted by Crippen LogP contribution is -2.39. The summed E-state index contributed by atoms with van der Waals surface area (Å²) in [5, 5.41) is 9.52. The molecule has 0 aromatic heterocycles. The van der Waals surface area contributed by atoms with Crippen molar-refractivity contribution in [1.29, 1.82) is 0 Å². The lowest BCUT2D eigenvalue weighted by atomic mass is 10.1. The van der Waals surface area contributed by atoms with Gasteiger partial charge in [-0.25, -0.2) is 0 Å². The molecule has 1 amide bonds. The van der Waals surface area contributed by atoms with Crippen LogP contribution in [0.25, 0.3) is 0 Å². The molecule has 0 fully saturated rings. The number of para-hydroxylation sites is 1. The highest BCUT2D eigenvalue weighted by atomic mass is 16.1. The van der Waals surface area contributed by atoms with Crippen LogP contribution < -0.4 is 20.9 Å². The smallest absolute Gasteiger partial charge is 0.221 e. The molecule has 0 saturated heterocycles. The fraction of sp³-hybridized carbons (Fsp3) is 0.391. The zero-order chi connectivity index (χ0) is 20.9. The molecule has 0 aliphatic rings. The Bertz CT molecular complexity index is 759. The van der Waals surface area contributed by atoms with Crippen LogP contribution in [-0.4, -0.2) is 45.1 Å². The Balaban J connectivity index is 1.66. The maximum Gasteiger partial charge on any atom is 0.221 e. The van der Waals surface area contributed by atoms with Crippen molar-refractivity contribution >= 4 is 23.2 Å². The number of amides is 1. The summed E-state index contributed by atoms with van der Waals surface area (Å²) in [7, 11) is 1.79. The van der Waals surface area contributed by atoms with E-state index in [1.807, 2.05) is 30.3 Å². The number of nitrogens with one attached hydrogen (secondary N) is 3. The van der Waals surface area contributed by atoms with E-state index in [0.717, 1.165) is 50.7 Å². The van der Waals surface area contributed by atoms with E-state index in [0.29, 0.717) is 0 Å². The van der Waals surface area contributed by atoms with Gasteiger partial charge in [0.1, 0.15) is 0 Å². The van der Waals surface area contributed by atoms with E-state index in [2.05, 4.69) is 57.0 Å². The topological polar surface area (TPSA) is 68.8 Å². The van der Waals surface area contributed by atoms with Gasteiger partial charge in [0, 0.05) is 51.5 Å². The molecule has 0 bridgehead atoms. The maximum absolute atomic E-state index is 11.1. The first-order valence-corrected chi connectivity index (χ1v) is 10.2. The molecule has 0 heterocycles. The van der Waals surface area contributed by atoms with Gasteiger partial charge in [-0.1, -0.05) is 30.3 Å². The fourth-order valence-corrected chi connectivity index (χ4v) is 3.09. The third kappa shape index (κ3) is 8.25. The number of anilines is 2. The molecular formula is C23H33N5O. The first kappa shape index (κ1) is 22.3. The van der Waals surface area contributed by atoms with Crippen LogP contribution in [0, 0.1) is 0 Å². The number of guanidine groups is 1. The van der Waals surface area contributed by atoms with E-state index in [1.54, 1.807) is 7.05 Å². The van der Waals surface area contributed by atoms with Gasteiger partial charge in [-0.05, 0) is 49.6 Å². The van der Waals surface area contributed by atoms with Gasteiger partial charge < -0.3 is 20.9 Å². The molecule has 0 spiro atoms. The average Bonchev–Trinajstić information content (AvgIpc) is 2.74. The Morgan fingerprint density at radius 1 is 1.00 bits per heavy atom. The molecule has 2 aromatic rings. The molecule has 0 atom stereocenters. The SMILES string of the molecule is CCN(CCCNC(=NC)NCCc1ccc(NC(C)=O)cc1)c1ccccc1. The van der Waals surface area contributed by atoms with Crippen molar-refractivity contribution in [2.75, 3.05) is 43.4 Å². The Hall–Kier alpha value is -3.02. The molecule has 6 nitrogen and oxygen atoms in total. The van der Waals surface area contributed by atoms with Gasteiger partial charge in [-0.15, -0.1) is 0 Å². The van der Waals surface area contributed by atoms with Gasteiger partial charge in [0.15, 0.2) is 5.96 Å². The summed E-state index contributed by atoms with van der Waals surface area (Å²) in [6.07, 6.45) is 1.92. The standard InChI is InChI=1S/C23H33N5O/c1-4-28(22-9-6-5-7-10-22)18-8-16-25-23(24-3)26-17-15-20-11-13-21(14-12-20)27-19(2)29/h5-7,9-14H,4,8,15-18H2,1-3H3,(H,27,29)(H2,24,25,26). The zero-order valence-corrected chi connectivity index (χ0v) is 17.7. The first-order valence-electron chi connectivity index (χ1n) is 10.2. The number of hydrogen-bond acceptors (Lipinski definition) is 3. The van der Waals surface area contributed by atoms with Crippen LogP contribution in [0.4, 0.5) is 11.4 Å². The summed E-state index contributed by atoms with van der Waals surface area (Å²) < 4.78 is 0. The highest BCUT2D eigenvalue weighted by Crippen LogP contribution is 2.12. The summed E-state index contributed by atoms with van der Waals surface area (Å²) in [6, 6.07) is 18.4. The molecule has 29 heavy (non-hydrogen) atoms. The van der Waals surface area contributed by atoms with E-state index in [4.69, 9.17) is 0 Å². The van der Waals surface area contributed by atoms with Crippen molar-refractivity contribution in [3.63, 3.8) is 0 Å². The number of aliphatic imine (C=N–C) groups is 1. The number of carbonyl (C=O) groups excluding carboxylic acids is 1. The highest BCUT2D eigenvalue weighted by molar-refractivity contribution is 5.88. The maximum atomic E-state index is 11.1. The Kier molecular flexibility index (Phi) is 9.55. The monoisotopic (exact) mass is 395 g/mol. The second kappa shape index (κ2) is 12.4. The number of carbonyl (C=O) groups is 1.